The predicted molar refractivity (Wildman–Crippen MR) is 114 cm³/mol. The number of nitrogens with one attached hydrogen (secondary N) is 1. The van der Waals surface area contributed by atoms with Crippen molar-refractivity contribution in [2.75, 3.05) is 13.6 Å². The number of primary amides is 1. The lowest BCUT2D eigenvalue weighted by Crippen LogP contribution is -2.30. The molecule has 4 rings (SSSR count). The fourth-order valence-corrected chi connectivity index (χ4v) is 3.67. The van der Waals surface area contributed by atoms with Crippen LogP contribution in [0.1, 0.15) is 26.3 Å². The van der Waals surface area contributed by atoms with Crippen LogP contribution in [-0.4, -0.2) is 41.2 Å². The molecule has 1 aliphatic heterocycles. The Kier molecular flexibility index (Phi) is 4.79. The number of amides is 3. The highest BCUT2D eigenvalue weighted by Crippen LogP contribution is 2.33. The number of pyridine rings is 1. The summed E-state index contributed by atoms with van der Waals surface area (Å²) in [5.41, 5.74) is 9.13. The summed E-state index contributed by atoms with van der Waals surface area (Å²) in [6.45, 7) is 4.12. The van der Waals surface area contributed by atoms with Gasteiger partial charge in [-0.2, -0.15) is 0 Å². The molecule has 3 aromatic rings. The third kappa shape index (κ3) is 3.30. The largest absolute Gasteiger partial charge is 0.366 e. The summed E-state index contributed by atoms with van der Waals surface area (Å²) in [6.07, 6.45) is 3.22. The second-order valence-corrected chi connectivity index (χ2v) is 7.20. The number of hydrogen-bond acceptors (Lipinski definition) is 4. The molecule has 3 N–H and O–H groups in total. The molecule has 7 nitrogen and oxygen atoms in total. The normalized spacial score (nSPS) is 12.7. The average Bonchev–Trinajstić information content (AvgIpc) is 3.08. The van der Waals surface area contributed by atoms with Crippen molar-refractivity contribution in [2.45, 2.75) is 6.54 Å². The van der Waals surface area contributed by atoms with Crippen LogP contribution >= 0.6 is 0 Å². The summed E-state index contributed by atoms with van der Waals surface area (Å²) < 4.78 is 0. The van der Waals surface area contributed by atoms with Crippen LogP contribution in [0.2, 0.25) is 0 Å². The fraction of sp³-hybridized carbons (Fsp3) is 0.130. The molecule has 0 bridgehead atoms. The lowest BCUT2D eigenvalue weighted by molar-refractivity contribution is -0.114. The molecule has 1 aromatic heterocycles. The number of rotatable bonds is 5. The molecule has 0 spiro atoms. The summed E-state index contributed by atoms with van der Waals surface area (Å²) in [4.78, 5) is 41.8. The van der Waals surface area contributed by atoms with Gasteiger partial charge in [-0.05, 0) is 40.1 Å². The standard InChI is InChI=1S/C23H20N4O3/c1-13(21(24)28)11-27-12-20-18(23(27)30)6-5-14-3-4-15(8-19(14)20)16-7-17(10-26-9-16)22(29)25-2/h3-10H,1,11-12H2,2H3,(H2,24,28)(H,25,29). The van der Waals surface area contributed by atoms with E-state index in [1.54, 1.807) is 30.3 Å². The molecule has 30 heavy (non-hydrogen) atoms. The number of fused-ring (bicyclic) bond motifs is 3. The van der Waals surface area contributed by atoms with Gasteiger partial charge in [0.05, 0.1) is 12.1 Å². The highest BCUT2D eigenvalue weighted by Gasteiger charge is 2.29. The van der Waals surface area contributed by atoms with Gasteiger partial charge in [0.25, 0.3) is 11.8 Å². The quantitative estimate of drug-likeness (QED) is 0.641. The van der Waals surface area contributed by atoms with Crippen LogP contribution < -0.4 is 11.1 Å². The van der Waals surface area contributed by atoms with E-state index in [1.165, 1.54) is 6.20 Å². The Bertz CT molecular complexity index is 1230. The molecule has 0 atom stereocenters. The molecule has 2 aromatic carbocycles. The molecule has 7 heteroatoms. The van der Waals surface area contributed by atoms with E-state index in [0.717, 1.165) is 27.5 Å². The van der Waals surface area contributed by atoms with Crippen molar-refractivity contribution in [3.63, 3.8) is 0 Å². The zero-order valence-electron chi connectivity index (χ0n) is 16.4. The van der Waals surface area contributed by atoms with E-state index in [1.807, 2.05) is 24.3 Å². The van der Waals surface area contributed by atoms with Crippen LogP contribution in [0.25, 0.3) is 21.9 Å². The van der Waals surface area contributed by atoms with Crippen molar-refractivity contribution in [1.29, 1.82) is 0 Å². The fourth-order valence-electron chi connectivity index (χ4n) is 3.67. The average molecular weight is 400 g/mol. The Morgan fingerprint density at radius 2 is 1.93 bits per heavy atom. The number of hydrogen-bond donors (Lipinski definition) is 2. The molecule has 1 aliphatic rings. The SMILES string of the molecule is C=C(CN1Cc2c(ccc3ccc(-c4cncc(C(=O)NC)c4)cc23)C1=O)C(N)=O. The number of nitrogens with zero attached hydrogens (tertiary/aromatic N) is 2. The van der Waals surface area contributed by atoms with Crippen LogP contribution in [0, 0.1) is 0 Å². The highest BCUT2D eigenvalue weighted by molar-refractivity contribution is 6.06. The first kappa shape index (κ1) is 19.3. The minimum Gasteiger partial charge on any atom is -0.366 e. The first-order valence-corrected chi connectivity index (χ1v) is 9.39. The Balaban J connectivity index is 1.75. The lowest BCUT2D eigenvalue weighted by atomic mass is 9.96. The molecular formula is C23H20N4O3. The van der Waals surface area contributed by atoms with Gasteiger partial charge in [-0.15, -0.1) is 0 Å². The van der Waals surface area contributed by atoms with Crippen LogP contribution in [0.5, 0.6) is 0 Å². The van der Waals surface area contributed by atoms with Gasteiger partial charge in [-0.3, -0.25) is 19.4 Å². The van der Waals surface area contributed by atoms with Crippen LogP contribution in [-0.2, 0) is 11.3 Å². The molecule has 0 aliphatic carbocycles. The van der Waals surface area contributed by atoms with Crippen molar-refractivity contribution in [1.82, 2.24) is 15.2 Å². The zero-order valence-corrected chi connectivity index (χ0v) is 16.4. The van der Waals surface area contributed by atoms with Gasteiger partial charge >= 0.3 is 0 Å². The topological polar surface area (TPSA) is 105 Å². The molecule has 0 unspecified atom stereocenters. The van der Waals surface area contributed by atoms with Gasteiger partial charge in [0.1, 0.15) is 0 Å². The van der Waals surface area contributed by atoms with Gasteiger partial charge < -0.3 is 16.0 Å². The molecule has 0 fully saturated rings. The third-order valence-electron chi connectivity index (χ3n) is 5.29. The second kappa shape index (κ2) is 7.44. The first-order chi connectivity index (χ1) is 14.4. The summed E-state index contributed by atoms with van der Waals surface area (Å²) in [5, 5.41) is 4.53. The second-order valence-electron chi connectivity index (χ2n) is 7.20. The number of benzene rings is 2. The van der Waals surface area contributed by atoms with Crippen LogP contribution in [0.3, 0.4) is 0 Å². The third-order valence-corrected chi connectivity index (χ3v) is 5.29. The van der Waals surface area contributed by atoms with E-state index in [2.05, 4.69) is 16.9 Å². The lowest BCUT2D eigenvalue weighted by Gasteiger charge is -2.15. The van der Waals surface area contributed by atoms with Gasteiger partial charge in [-0.25, -0.2) is 0 Å². The Labute approximate surface area is 173 Å². The smallest absolute Gasteiger partial charge is 0.254 e. The maximum Gasteiger partial charge on any atom is 0.254 e. The van der Waals surface area contributed by atoms with Crippen LogP contribution in [0.4, 0.5) is 0 Å². The van der Waals surface area contributed by atoms with Crippen molar-refractivity contribution in [3.05, 3.63) is 77.6 Å². The number of carbonyl (C=O) groups is 3. The van der Waals surface area contributed by atoms with Crippen molar-refractivity contribution in [2.24, 2.45) is 5.73 Å². The van der Waals surface area contributed by atoms with E-state index < -0.39 is 5.91 Å². The van der Waals surface area contributed by atoms with Crippen molar-refractivity contribution >= 4 is 28.5 Å². The van der Waals surface area contributed by atoms with E-state index >= 15 is 0 Å². The van der Waals surface area contributed by atoms with E-state index in [0.29, 0.717) is 17.7 Å². The van der Waals surface area contributed by atoms with Gasteiger partial charge in [0.2, 0.25) is 5.91 Å². The van der Waals surface area contributed by atoms with Gasteiger partial charge in [0, 0.05) is 42.7 Å². The Hall–Kier alpha value is -4.00. The number of aromatic nitrogens is 1. The first-order valence-electron chi connectivity index (χ1n) is 9.39. The molecule has 2 heterocycles. The maximum absolute atomic E-state index is 12.8. The van der Waals surface area contributed by atoms with Crippen molar-refractivity contribution in [3.8, 4) is 11.1 Å². The minimum absolute atomic E-state index is 0.0993. The number of carbonyl (C=O) groups excluding carboxylic acids is 3. The van der Waals surface area contributed by atoms with Crippen LogP contribution in [0.15, 0.2) is 60.9 Å². The molecule has 0 saturated carbocycles. The minimum atomic E-state index is -0.616. The molecule has 0 radical (unpaired) electrons. The summed E-state index contributed by atoms with van der Waals surface area (Å²) in [6, 6.07) is 11.4. The van der Waals surface area contributed by atoms with E-state index in [4.69, 9.17) is 5.73 Å². The number of nitrogens with two attached hydrogens (primary N) is 1. The molecular weight excluding hydrogens is 380 g/mol. The summed E-state index contributed by atoms with van der Waals surface area (Å²) in [7, 11) is 1.57. The monoisotopic (exact) mass is 400 g/mol. The summed E-state index contributed by atoms with van der Waals surface area (Å²) in [5.74, 6) is -0.973. The molecule has 0 saturated heterocycles. The zero-order chi connectivity index (χ0) is 21.4. The highest BCUT2D eigenvalue weighted by atomic mass is 16.2. The molecule has 3 amide bonds. The predicted octanol–water partition coefficient (Wildman–Crippen LogP) is 2.26. The Morgan fingerprint density at radius 3 is 2.67 bits per heavy atom. The summed E-state index contributed by atoms with van der Waals surface area (Å²) >= 11 is 0. The van der Waals surface area contributed by atoms with E-state index in [9.17, 15) is 14.4 Å². The molecule has 150 valence electrons. The van der Waals surface area contributed by atoms with Gasteiger partial charge in [0.15, 0.2) is 0 Å². The van der Waals surface area contributed by atoms with Gasteiger partial charge in [-0.1, -0.05) is 24.8 Å². The van der Waals surface area contributed by atoms with Crippen molar-refractivity contribution < 1.29 is 14.4 Å². The Morgan fingerprint density at radius 1 is 1.17 bits per heavy atom. The van der Waals surface area contributed by atoms with E-state index in [-0.39, 0.29) is 23.9 Å². The maximum atomic E-state index is 12.8.